The first-order chi connectivity index (χ1) is 14.8. The first-order valence-electron chi connectivity index (χ1n) is 9.89. The number of aromatic nitrogens is 6. The molecule has 3 heterocycles. The van der Waals surface area contributed by atoms with Gasteiger partial charge >= 0.3 is 6.18 Å². The Balaban J connectivity index is 1.63. The van der Waals surface area contributed by atoms with Crippen molar-refractivity contribution in [3.05, 3.63) is 58.3 Å². The number of hydrogen-bond acceptors (Lipinski definition) is 4. The Kier molecular flexibility index (Phi) is 4.84. The van der Waals surface area contributed by atoms with Crippen molar-refractivity contribution in [1.29, 1.82) is 0 Å². The average molecular weight is 491 g/mol. The fraction of sp³-hybridized carbons (Fsp3) is 0.333. The predicted octanol–water partition coefficient (Wildman–Crippen LogP) is 5.47. The number of hydrogen-bond donors (Lipinski definition) is 1. The Morgan fingerprint density at radius 2 is 2.03 bits per heavy atom. The van der Waals surface area contributed by atoms with Crippen LogP contribution in [0.2, 0.25) is 0 Å². The molecule has 3 aromatic heterocycles. The Bertz CT molecular complexity index is 1260. The van der Waals surface area contributed by atoms with E-state index in [1.54, 1.807) is 6.33 Å². The third kappa shape index (κ3) is 3.52. The zero-order chi connectivity index (χ0) is 21.8. The lowest BCUT2D eigenvalue weighted by atomic mass is 9.72. The number of benzene rings is 1. The number of nitrogens with zero attached hydrogens (tertiary/aromatic N) is 5. The van der Waals surface area contributed by atoms with Gasteiger partial charge in [0.25, 0.3) is 0 Å². The van der Waals surface area contributed by atoms with Crippen molar-refractivity contribution in [3.8, 4) is 11.3 Å². The molecule has 5 rings (SSSR count). The van der Waals surface area contributed by atoms with E-state index in [9.17, 15) is 13.2 Å². The molecule has 0 amide bonds. The molecule has 10 heteroatoms. The second kappa shape index (κ2) is 7.44. The van der Waals surface area contributed by atoms with Gasteiger partial charge in [-0.2, -0.15) is 18.3 Å². The van der Waals surface area contributed by atoms with E-state index in [1.165, 1.54) is 6.42 Å². The van der Waals surface area contributed by atoms with E-state index in [2.05, 4.69) is 41.3 Å². The van der Waals surface area contributed by atoms with Gasteiger partial charge in [-0.05, 0) is 52.4 Å². The zero-order valence-corrected chi connectivity index (χ0v) is 18.1. The van der Waals surface area contributed by atoms with Gasteiger partial charge < -0.3 is 4.57 Å². The fourth-order valence-electron chi connectivity index (χ4n) is 4.20. The quantitative estimate of drug-likeness (QED) is 0.385. The molecule has 1 fully saturated rings. The molecule has 0 aliphatic heterocycles. The SMILES string of the molecule is Cn1cnnc1[C@@H](c1cccc(-c2n[nH]c3c(Br)nc(C(F)(F)F)cc23)c1)C1CCC1. The number of rotatable bonds is 4. The third-order valence-electron chi connectivity index (χ3n) is 5.97. The molecule has 0 spiro atoms. The summed E-state index contributed by atoms with van der Waals surface area (Å²) in [5.41, 5.74) is 1.71. The first-order valence-corrected chi connectivity index (χ1v) is 10.7. The van der Waals surface area contributed by atoms with Gasteiger partial charge in [-0.15, -0.1) is 10.2 Å². The predicted molar refractivity (Wildman–Crippen MR) is 112 cm³/mol. The maximum Gasteiger partial charge on any atom is 0.433 e. The van der Waals surface area contributed by atoms with Crippen LogP contribution in [0.1, 0.15) is 42.3 Å². The van der Waals surface area contributed by atoms with Crippen LogP contribution in [-0.4, -0.2) is 29.9 Å². The highest BCUT2D eigenvalue weighted by Crippen LogP contribution is 2.43. The molecule has 31 heavy (non-hydrogen) atoms. The van der Waals surface area contributed by atoms with E-state index in [1.807, 2.05) is 35.9 Å². The molecule has 160 valence electrons. The van der Waals surface area contributed by atoms with E-state index < -0.39 is 11.9 Å². The second-order valence-electron chi connectivity index (χ2n) is 7.89. The molecule has 0 unspecified atom stereocenters. The van der Waals surface area contributed by atoms with Gasteiger partial charge in [0.05, 0.1) is 5.52 Å². The summed E-state index contributed by atoms with van der Waals surface area (Å²) in [5, 5.41) is 15.9. The smallest absolute Gasteiger partial charge is 0.320 e. The summed E-state index contributed by atoms with van der Waals surface area (Å²) < 4.78 is 41.9. The van der Waals surface area contributed by atoms with Gasteiger partial charge in [0.2, 0.25) is 0 Å². The van der Waals surface area contributed by atoms with Crippen LogP contribution in [0.5, 0.6) is 0 Å². The topological polar surface area (TPSA) is 72.3 Å². The number of aromatic amines is 1. The summed E-state index contributed by atoms with van der Waals surface area (Å²) >= 11 is 3.13. The summed E-state index contributed by atoms with van der Waals surface area (Å²) in [6, 6.07) is 8.84. The monoisotopic (exact) mass is 490 g/mol. The van der Waals surface area contributed by atoms with E-state index in [0.717, 1.165) is 35.9 Å². The van der Waals surface area contributed by atoms with Gasteiger partial charge in [-0.3, -0.25) is 5.10 Å². The van der Waals surface area contributed by atoms with Crippen LogP contribution in [0, 0.1) is 5.92 Å². The number of fused-ring (bicyclic) bond motifs is 1. The molecule has 0 bridgehead atoms. The van der Waals surface area contributed by atoms with Gasteiger partial charge in [-0.1, -0.05) is 24.6 Å². The zero-order valence-electron chi connectivity index (χ0n) is 16.5. The molecule has 1 aliphatic rings. The highest BCUT2D eigenvalue weighted by atomic mass is 79.9. The van der Waals surface area contributed by atoms with Crippen molar-refractivity contribution in [3.63, 3.8) is 0 Å². The lowest BCUT2D eigenvalue weighted by molar-refractivity contribution is -0.141. The molecule has 6 nitrogen and oxygen atoms in total. The molecule has 1 aromatic carbocycles. The van der Waals surface area contributed by atoms with Crippen molar-refractivity contribution in [1.82, 2.24) is 29.9 Å². The average Bonchev–Trinajstić information content (AvgIpc) is 3.30. The van der Waals surface area contributed by atoms with Crippen molar-refractivity contribution in [2.24, 2.45) is 13.0 Å². The summed E-state index contributed by atoms with van der Waals surface area (Å²) in [6.07, 6.45) is 0.550. The molecule has 1 atom stereocenters. The first kappa shape index (κ1) is 20.2. The third-order valence-corrected chi connectivity index (χ3v) is 6.54. The molecule has 4 aromatic rings. The molecule has 0 radical (unpaired) electrons. The van der Waals surface area contributed by atoms with Crippen LogP contribution in [0.4, 0.5) is 13.2 Å². The van der Waals surface area contributed by atoms with Gasteiger partial charge in [0, 0.05) is 23.9 Å². The standard InChI is InChI=1S/C21H18BrF3N6/c1-31-10-26-30-20(31)16(11-4-2-5-11)12-6-3-7-13(8-12)17-14-9-15(21(23,24)25)27-19(22)18(14)29-28-17/h3,6-11,16H,2,4-5H2,1H3,(H,28,29)/t16-/m1/s1. The second-order valence-corrected chi connectivity index (χ2v) is 8.64. The number of halogens is 4. The van der Waals surface area contributed by atoms with Crippen LogP contribution < -0.4 is 0 Å². The maximum atomic E-state index is 13.3. The number of nitrogens with one attached hydrogen (secondary N) is 1. The summed E-state index contributed by atoms with van der Waals surface area (Å²) in [6.45, 7) is 0. The van der Waals surface area contributed by atoms with Gasteiger partial charge in [-0.25, -0.2) is 4.98 Å². The molecular formula is C21H18BrF3N6. The molecule has 0 saturated heterocycles. The summed E-state index contributed by atoms with van der Waals surface area (Å²) in [4.78, 5) is 3.61. The Morgan fingerprint density at radius 3 is 2.68 bits per heavy atom. The van der Waals surface area contributed by atoms with Crippen LogP contribution in [0.15, 0.2) is 41.3 Å². The Morgan fingerprint density at radius 1 is 1.23 bits per heavy atom. The lowest BCUT2D eigenvalue weighted by Crippen LogP contribution is -2.24. The summed E-state index contributed by atoms with van der Waals surface area (Å²) in [7, 11) is 1.93. The molecular weight excluding hydrogens is 473 g/mol. The molecule has 1 aliphatic carbocycles. The van der Waals surface area contributed by atoms with Crippen LogP contribution >= 0.6 is 15.9 Å². The van der Waals surface area contributed by atoms with E-state index in [4.69, 9.17) is 0 Å². The highest BCUT2D eigenvalue weighted by Gasteiger charge is 2.35. The maximum absolute atomic E-state index is 13.3. The normalized spacial score (nSPS) is 15.9. The van der Waals surface area contributed by atoms with Crippen molar-refractivity contribution < 1.29 is 13.2 Å². The fourth-order valence-corrected chi connectivity index (χ4v) is 4.70. The highest BCUT2D eigenvalue weighted by molar-refractivity contribution is 9.10. The van der Waals surface area contributed by atoms with E-state index >= 15 is 0 Å². The summed E-state index contributed by atoms with van der Waals surface area (Å²) in [5.74, 6) is 1.43. The van der Waals surface area contributed by atoms with Crippen molar-refractivity contribution >= 4 is 26.8 Å². The van der Waals surface area contributed by atoms with Crippen LogP contribution in [0.3, 0.4) is 0 Å². The van der Waals surface area contributed by atoms with Gasteiger partial charge in [0.15, 0.2) is 0 Å². The van der Waals surface area contributed by atoms with Crippen molar-refractivity contribution in [2.45, 2.75) is 31.4 Å². The number of pyridine rings is 1. The minimum absolute atomic E-state index is 0.0746. The number of alkyl halides is 3. The van der Waals surface area contributed by atoms with Crippen molar-refractivity contribution in [2.75, 3.05) is 0 Å². The van der Waals surface area contributed by atoms with Crippen LogP contribution in [-0.2, 0) is 13.2 Å². The Labute approximate surface area is 184 Å². The number of H-pyrrole nitrogens is 1. The minimum atomic E-state index is -4.55. The number of aryl methyl sites for hydroxylation is 1. The van der Waals surface area contributed by atoms with E-state index in [0.29, 0.717) is 22.5 Å². The Hall–Kier alpha value is -2.75. The van der Waals surface area contributed by atoms with Gasteiger partial charge in [0.1, 0.15) is 28.1 Å². The lowest BCUT2D eigenvalue weighted by Gasteiger charge is -2.33. The minimum Gasteiger partial charge on any atom is -0.320 e. The molecule has 1 N–H and O–H groups in total. The largest absolute Gasteiger partial charge is 0.433 e. The van der Waals surface area contributed by atoms with E-state index in [-0.39, 0.29) is 10.5 Å². The molecule has 1 saturated carbocycles. The van der Waals surface area contributed by atoms with Crippen LogP contribution in [0.25, 0.3) is 22.2 Å².